The number of carboxylic acid groups (broad SMARTS) is 1. The first kappa shape index (κ1) is 31.0. The minimum atomic E-state index is -6.09. The Morgan fingerprint density at radius 2 is 1.19 bits per heavy atom. The summed E-state index contributed by atoms with van der Waals surface area (Å²) >= 11 is 0. The molecule has 0 bridgehead atoms. The summed E-state index contributed by atoms with van der Waals surface area (Å²) in [6.45, 7) is 12.8. The second-order valence-corrected chi connectivity index (χ2v) is 6.62. The molecule has 155 valence electrons. The maximum absolute atomic E-state index is 10.7. The first-order chi connectivity index (χ1) is 11.6. The van der Waals surface area contributed by atoms with Gasteiger partial charge in [0.2, 0.25) is 0 Å². The number of carboxylic acids is 1. The predicted octanol–water partition coefficient (Wildman–Crippen LogP) is 4.22. The monoisotopic (exact) mass is 498 g/mol. The molecule has 0 heterocycles. The number of allylic oxidation sites excluding steroid dienone is 3. The molecule has 1 aliphatic rings. The first-order valence-corrected chi connectivity index (χ1v) is 8.72. The summed E-state index contributed by atoms with van der Waals surface area (Å²) < 4.78 is 58.9. The third kappa shape index (κ3) is 12.4. The first-order valence-electron chi connectivity index (χ1n) is 7.31. The van der Waals surface area contributed by atoms with E-state index in [1.807, 2.05) is 6.92 Å². The summed E-state index contributed by atoms with van der Waals surface area (Å²) in [5.74, 6) is 6.42. The molecular formula is C17H23F3O5RuS+. The molecule has 1 aliphatic carbocycles. The van der Waals surface area contributed by atoms with Crippen LogP contribution in [0.2, 0.25) is 0 Å². The molecule has 0 aromatic rings. The van der Waals surface area contributed by atoms with E-state index in [9.17, 15) is 18.0 Å². The van der Waals surface area contributed by atoms with Crippen molar-refractivity contribution >= 4 is 16.1 Å². The fourth-order valence-corrected chi connectivity index (χ4v) is 1.66. The second kappa shape index (κ2) is 13.5. The summed E-state index contributed by atoms with van der Waals surface area (Å²) in [5.41, 5.74) is -5.65. The van der Waals surface area contributed by atoms with Crippen LogP contribution in [-0.4, -0.2) is 29.6 Å². The van der Waals surface area contributed by atoms with Crippen LogP contribution >= 0.6 is 0 Å². The van der Waals surface area contributed by atoms with E-state index in [-0.39, 0.29) is 19.5 Å². The van der Waals surface area contributed by atoms with Crippen molar-refractivity contribution in [3.63, 3.8) is 0 Å². The Balaban J connectivity index is -0.000000318. The standard InChI is InChI=1S/C10H15.C6H8O2.CHF3O3S.Ru/c1-6-7(2)9(4)10(5)8(6)3;1-2-3-4-5-6(7)8;2-1(3,4)8(5,6)7;/h1-5H3;2-5H,1H3,(H,7,8);(H,5,6,7);/q;;;+2/p-1/b;3-2+,5-4+;;. The number of aliphatic carboxylic acids is 1. The Kier molecular flexibility index (Phi) is 15.4. The van der Waals surface area contributed by atoms with Crippen molar-refractivity contribution in [1.29, 1.82) is 0 Å². The van der Waals surface area contributed by atoms with Crippen molar-refractivity contribution in [3.8, 4) is 0 Å². The summed E-state index contributed by atoms with van der Waals surface area (Å²) in [6.07, 6.45) is 5.98. The summed E-state index contributed by atoms with van der Waals surface area (Å²) in [6, 6.07) is 0. The predicted molar refractivity (Wildman–Crippen MR) is 91.9 cm³/mol. The molecule has 0 atom stereocenters. The fraction of sp³-hybridized carbons (Fsp3) is 0.412. The Hall–Kier alpha value is -0.727. The van der Waals surface area contributed by atoms with E-state index in [2.05, 4.69) is 34.6 Å². The van der Waals surface area contributed by atoms with Crippen LogP contribution in [0, 0.1) is 29.6 Å². The molecule has 0 saturated heterocycles. The summed E-state index contributed by atoms with van der Waals surface area (Å²) in [7, 11) is -6.09. The Morgan fingerprint density at radius 3 is 1.33 bits per heavy atom. The molecule has 1 rings (SSSR count). The molecule has 0 amide bonds. The third-order valence-electron chi connectivity index (χ3n) is 3.64. The van der Waals surface area contributed by atoms with Gasteiger partial charge < -0.3 is 9.66 Å². The average molecular weight is 497 g/mol. The zero-order valence-electron chi connectivity index (χ0n) is 15.8. The SMILES string of the molecule is C/C=C/C=C/C(=O)O.C[C]1[C](C)[C](C)[C](C)[C]1C.O=S(=O)([O-])C(F)(F)F.[Ru+2]. The average Bonchev–Trinajstić information content (AvgIpc) is 2.65. The summed E-state index contributed by atoms with van der Waals surface area (Å²) in [5, 5.41) is 8.02. The van der Waals surface area contributed by atoms with Crippen LogP contribution < -0.4 is 0 Å². The van der Waals surface area contributed by atoms with Crippen LogP contribution in [-0.2, 0) is 34.4 Å². The quantitative estimate of drug-likeness (QED) is 0.203. The fourth-order valence-electron chi connectivity index (χ4n) is 1.66. The van der Waals surface area contributed by atoms with Crippen molar-refractivity contribution in [2.24, 2.45) is 0 Å². The van der Waals surface area contributed by atoms with Crippen molar-refractivity contribution in [3.05, 3.63) is 53.9 Å². The molecule has 0 aromatic carbocycles. The van der Waals surface area contributed by atoms with Gasteiger partial charge >= 0.3 is 31.0 Å². The minimum absolute atomic E-state index is 0. The Labute approximate surface area is 172 Å². The van der Waals surface area contributed by atoms with E-state index in [1.165, 1.54) is 35.7 Å². The zero-order chi connectivity index (χ0) is 21.3. The van der Waals surface area contributed by atoms with Gasteiger partial charge in [-0.15, -0.1) is 0 Å². The minimum Gasteiger partial charge on any atom is -0.741 e. The number of halogens is 3. The van der Waals surface area contributed by atoms with E-state index in [0.717, 1.165) is 6.08 Å². The van der Waals surface area contributed by atoms with E-state index in [0.29, 0.717) is 0 Å². The van der Waals surface area contributed by atoms with Gasteiger partial charge in [0.25, 0.3) is 0 Å². The molecule has 27 heavy (non-hydrogen) atoms. The molecule has 5 nitrogen and oxygen atoms in total. The van der Waals surface area contributed by atoms with E-state index < -0.39 is 21.6 Å². The van der Waals surface area contributed by atoms with Gasteiger partial charge in [-0.3, -0.25) is 0 Å². The van der Waals surface area contributed by atoms with Gasteiger partial charge in [0, 0.05) is 6.08 Å². The molecule has 1 N–H and O–H groups in total. The van der Waals surface area contributed by atoms with Gasteiger partial charge in [0.05, 0.1) is 0 Å². The van der Waals surface area contributed by atoms with Gasteiger partial charge in [-0.2, -0.15) is 13.2 Å². The summed E-state index contributed by atoms with van der Waals surface area (Å²) in [4.78, 5) is 9.75. The molecule has 1 saturated carbocycles. The van der Waals surface area contributed by atoms with Gasteiger partial charge in [-0.1, -0.05) is 52.8 Å². The molecule has 5 radical (unpaired) electrons. The van der Waals surface area contributed by atoms with Gasteiger partial charge in [-0.05, 0) is 36.5 Å². The Bertz CT molecular complexity index is 543. The van der Waals surface area contributed by atoms with E-state index >= 15 is 0 Å². The molecule has 10 heteroatoms. The van der Waals surface area contributed by atoms with Gasteiger partial charge in [-0.25, -0.2) is 13.2 Å². The topological polar surface area (TPSA) is 94.5 Å². The van der Waals surface area contributed by atoms with Crippen molar-refractivity contribution in [2.75, 3.05) is 0 Å². The second-order valence-electron chi connectivity index (χ2n) is 5.25. The van der Waals surface area contributed by atoms with Crippen LogP contribution in [0.15, 0.2) is 24.3 Å². The van der Waals surface area contributed by atoms with Crippen LogP contribution in [0.25, 0.3) is 0 Å². The maximum Gasteiger partial charge on any atom is 2.00 e. The number of rotatable bonds is 2. The van der Waals surface area contributed by atoms with E-state index in [1.54, 1.807) is 12.2 Å². The molecule has 0 spiro atoms. The molecular weight excluding hydrogens is 474 g/mol. The van der Waals surface area contributed by atoms with Gasteiger partial charge in [0.15, 0.2) is 10.1 Å². The number of hydrogen-bond acceptors (Lipinski definition) is 4. The maximum atomic E-state index is 10.7. The zero-order valence-corrected chi connectivity index (χ0v) is 18.3. The number of hydrogen-bond donors (Lipinski definition) is 1. The van der Waals surface area contributed by atoms with E-state index in [4.69, 9.17) is 18.1 Å². The molecule has 1 fully saturated rings. The van der Waals surface area contributed by atoms with Crippen molar-refractivity contribution in [1.82, 2.24) is 0 Å². The van der Waals surface area contributed by atoms with Crippen molar-refractivity contribution in [2.45, 2.75) is 47.1 Å². The van der Waals surface area contributed by atoms with Crippen molar-refractivity contribution < 1.29 is 55.5 Å². The smallest absolute Gasteiger partial charge is 0.741 e. The third-order valence-corrected chi connectivity index (χ3v) is 4.21. The number of carbonyl (C=O) groups is 1. The van der Waals surface area contributed by atoms with Gasteiger partial charge in [0.1, 0.15) is 0 Å². The molecule has 0 unspecified atom stereocenters. The largest absolute Gasteiger partial charge is 2.00 e. The molecule has 0 aliphatic heterocycles. The normalized spacial score (nSPS) is 18.0. The Morgan fingerprint density at radius 1 is 0.926 bits per heavy atom. The molecule has 0 aromatic heterocycles. The van der Waals surface area contributed by atoms with Crippen LogP contribution in [0.3, 0.4) is 0 Å². The van der Waals surface area contributed by atoms with Crippen LogP contribution in [0.4, 0.5) is 13.2 Å². The number of alkyl halides is 3. The van der Waals surface area contributed by atoms with Crippen LogP contribution in [0.1, 0.15) is 41.5 Å². The van der Waals surface area contributed by atoms with Crippen LogP contribution in [0.5, 0.6) is 0 Å².